The summed E-state index contributed by atoms with van der Waals surface area (Å²) in [5.41, 5.74) is 5.11. The minimum atomic E-state index is -0.0951. The maximum Gasteiger partial charge on any atom is 0.167 e. The molecule has 0 saturated carbocycles. The molecular formula is C20H22O2. The van der Waals surface area contributed by atoms with E-state index < -0.39 is 0 Å². The Labute approximate surface area is 133 Å². The Hall–Kier alpha value is -1.77. The molecule has 2 heteroatoms. The first-order valence-corrected chi connectivity index (χ1v) is 7.76. The Balaban J connectivity index is 1.56. The predicted molar refractivity (Wildman–Crippen MR) is 89.2 cm³/mol. The van der Waals surface area contributed by atoms with E-state index >= 15 is 0 Å². The molecule has 0 aliphatic carbocycles. The Morgan fingerprint density at radius 3 is 2.09 bits per heavy atom. The van der Waals surface area contributed by atoms with Gasteiger partial charge in [-0.1, -0.05) is 54.1 Å². The Kier molecular flexibility index (Phi) is 4.81. The molecule has 2 nitrogen and oxygen atoms in total. The van der Waals surface area contributed by atoms with Crippen LogP contribution >= 0.6 is 0 Å². The zero-order valence-corrected chi connectivity index (χ0v) is 13.0. The summed E-state index contributed by atoms with van der Waals surface area (Å²) in [6, 6.07) is 17.4. The van der Waals surface area contributed by atoms with Crippen LogP contribution in [-0.2, 0) is 15.9 Å². The number of benzene rings is 2. The van der Waals surface area contributed by atoms with E-state index in [1.807, 2.05) is 0 Å². The Morgan fingerprint density at radius 1 is 0.955 bits per heavy atom. The first-order chi connectivity index (χ1) is 10.7. The van der Waals surface area contributed by atoms with Crippen LogP contribution in [0.25, 0.3) is 11.1 Å². The molecule has 0 spiro atoms. The molecule has 0 N–H and O–H groups in total. The van der Waals surface area contributed by atoms with E-state index in [2.05, 4.69) is 62.4 Å². The molecule has 0 amide bonds. The van der Waals surface area contributed by atoms with Crippen LogP contribution in [0.4, 0.5) is 0 Å². The van der Waals surface area contributed by atoms with E-state index in [0.717, 1.165) is 18.8 Å². The van der Waals surface area contributed by atoms with Gasteiger partial charge in [0.25, 0.3) is 0 Å². The predicted octanol–water partition coefficient (Wildman–Crippen LogP) is 4.38. The quantitative estimate of drug-likeness (QED) is 0.779. The molecule has 0 bridgehead atoms. The molecule has 2 aromatic carbocycles. The van der Waals surface area contributed by atoms with Crippen molar-refractivity contribution in [1.82, 2.24) is 0 Å². The molecule has 2 aromatic rings. The maximum atomic E-state index is 5.59. The number of hydrogen-bond acceptors (Lipinski definition) is 2. The molecule has 0 radical (unpaired) electrons. The van der Waals surface area contributed by atoms with Crippen molar-refractivity contribution in [3.63, 3.8) is 0 Å². The lowest BCUT2D eigenvalue weighted by molar-refractivity contribution is -0.167. The van der Waals surface area contributed by atoms with Crippen LogP contribution in [-0.4, -0.2) is 19.5 Å². The van der Waals surface area contributed by atoms with Gasteiger partial charge >= 0.3 is 0 Å². The molecule has 1 aliphatic rings. The van der Waals surface area contributed by atoms with Crippen molar-refractivity contribution < 1.29 is 9.47 Å². The standard InChI is InChI=1S/C20H22O2/c1-15-3-8-18(9-4-15)19-10-5-17(6-11-19)7-12-20-21-13-16(2)14-22-20/h3-6,8-11,20H,2,7,12-14H2,1H3. The highest BCUT2D eigenvalue weighted by Crippen LogP contribution is 2.22. The van der Waals surface area contributed by atoms with Crippen LogP contribution in [0.2, 0.25) is 0 Å². The third kappa shape index (κ3) is 3.90. The lowest BCUT2D eigenvalue weighted by Crippen LogP contribution is -2.29. The molecule has 1 aliphatic heterocycles. The second-order valence-corrected chi connectivity index (χ2v) is 5.90. The van der Waals surface area contributed by atoms with Gasteiger partial charge < -0.3 is 9.47 Å². The highest BCUT2D eigenvalue weighted by atomic mass is 16.7. The van der Waals surface area contributed by atoms with Gasteiger partial charge in [0.05, 0.1) is 0 Å². The fraction of sp³-hybridized carbons (Fsp3) is 0.300. The van der Waals surface area contributed by atoms with Crippen LogP contribution in [0.5, 0.6) is 0 Å². The van der Waals surface area contributed by atoms with Crippen LogP contribution in [0.3, 0.4) is 0 Å². The normalized spacial score (nSPS) is 16.0. The van der Waals surface area contributed by atoms with Gasteiger partial charge in [0, 0.05) is 6.42 Å². The molecule has 0 aromatic heterocycles. The van der Waals surface area contributed by atoms with Crippen molar-refractivity contribution in [2.24, 2.45) is 0 Å². The van der Waals surface area contributed by atoms with Crippen molar-refractivity contribution in [1.29, 1.82) is 0 Å². The second kappa shape index (κ2) is 6.99. The molecule has 22 heavy (non-hydrogen) atoms. The molecule has 0 atom stereocenters. The lowest BCUT2D eigenvalue weighted by atomic mass is 10.0. The number of aryl methyl sites for hydroxylation is 2. The van der Waals surface area contributed by atoms with Gasteiger partial charge in [0.2, 0.25) is 0 Å². The minimum absolute atomic E-state index is 0.0951. The van der Waals surface area contributed by atoms with Crippen molar-refractivity contribution >= 4 is 0 Å². The van der Waals surface area contributed by atoms with Gasteiger partial charge in [0.15, 0.2) is 19.5 Å². The van der Waals surface area contributed by atoms with Gasteiger partial charge in [-0.15, -0.1) is 6.92 Å². The summed E-state index contributed by atoms with van der Waals surface area (Å²) in [4.78, 5) is 0. The van der Waals surface area contributed by atoms with Crippen molar-refractivity contribution in [2.75, 3.05) is 13.2 Å². The van der Waals surface area contributed by atoms with E-state index in [-0.39, 0.29) is 6.29 Å². The number of ether oxygens (including phenoxy) is 2. The minimum Gasteiger partial charge on any atom is -0.313 e. The highest BCUT2D eigenvalue weighted by Gasteiger charge is 2.21. The van der Waals surface area contributed by atoms with E-state index in [4.69, 9.17) is 9.47 Å². The smallest absolute Gasteiger partial charge is 0.167 e. The fourth-order valence-electron chi connectivity index (χ4n) is 2.57. The Bertz CT molecular complexity index is 578. The molecule has 1 heterocycles. The van der Waals surface area contributed by atoms with Crippen molar-refractivity contribution in [2.45, 2.75) is 26.1 Å². The largest absolute Gasteiger partial charge is 0.313 e. The number of rotatable bonds is 4. The molecule has 3 rings (SSSR count). The highest BCUT2D eigenvalue weighted by molar-refractivity contribution is 5.63. The molecule has 0 unspecified atom stereocenters. The second-order valence-electron chi connectivity index (χ2n) is 5.90. The molecular weight excluding hydrogens is 272 g/mol. The maximum absolute atomic E-state index is 5.59. The monoisotopic (exact) mass is 294 g/mol. The number of hydrogen-bond donors (Lipinski definition) is 0. The third-order valence-corrected chi connectivity index (χ3v) is 3.95. The molecule has 1 saturated heterocycles. The topological polar surface area (TPSA) is 18.5 Å². The van der Waals surface area contributed by atoms with Gasteiger partial charge in [-0.05, 0) is 36.0 Å². The van der Waals surface area contributed by atoms with Crippen LogP contribution in [0.1, 0.15) is 17.5 Å². The summed E-state index contributed by atoms with van der Waals surface area (Å²) < 4.78 is 11.2. The third-order valence-electron chi connectivity index (χ3n) is 3.95. The molecule has 1 fully saturated rings. The van der Waals surface area contributed by atoms with Crippen LogP contribution in [0, 0.1) is 19.8 Å². The van der Waals surface area contributed by atoms with E-state index in [0.29, 0.717) is 13.2 Å². The van der Waals surface area contributed by atoms with Crippen LogP contribution in [0.15, 0.2) is 48.5 Å². The molecule has 114 valence electrons. The first-order valence-electron chi connectivity index (χ1n) is 7.76. The fourth-order valence-corrected chi connectivity index (χ4v) is 2.57. The van der Waals surface area contributed by atoms with E-state index in [1.54, 1.807) is 0 Å². The van der Waals surface area contributed by atoms with Crippen molar-refractivity contribution in [3.8, 4) is 11.1 Å². The van der Waals surface area contributed by atoms with Gasteiger partial charge in [-0.2, -0.15) is 0 Å². The van der Waals surface area contributed by atoms with E-state index in [9.17, 15) is 0 Å². The van der Waals surface area contributed by atoms with Gasteiger partial charge in [-0.3, -0.25) is 0 Å². The van der Waals surface area contributed by atoms with Gasteiger partial charge in [-0.25, -0.2) is 0 Å². The Morgan fingerprint density at radius 2 is 1.50 bits per heavy atom. The average Bonchev–Trinajstić information content (AvgIpc) is 2.56. The SMILES string of the molecule is [CH2-][C+]1COC(CCc2ccc(-c3ccc(C)cc3)cc2)OC1. The lowest BCUT2D eigenvalue weighted by Gasteiger charge is -2.24. The average molecular weight is 294 g/mol. The summed E-state index contributed by atoms with van der Waals surface area (Å²) in [5.74, 6) is 1.01. The summed E-state index contributed by atoms with van der Waals surface area (Å²) in [6.07, 6.45) is 1.75. The summed E-state index contributed by atoms with van der Waals surface area (Å²) in [5, 5.41) is 0. The summed E-state index contributed by atoms with van der Waals surface area (Å²) >= 11 is 0. The van der Waals surface area contributed by atoms with E-state index in [1.165, 1.54) is 22.3 Å². The van der Waals surface area contributed by atoms with Crippen molar-refractivity contribution in [3.05, 3.63) is 72.5 Å². The van der Waals surface area contributed by atoms with Crippen LogP contribution < -0.4 is 0 Å². The summed E-state index contributed by atoms with van der Waals surface area (Å²) in [6.45, 7) is 7.21. The zero-order chi connectivity index (χ0) is 15.4. The first kappa shape index (κ1) is 15.1. The summed E-state index contributed by atoms with van der Waals surface area (Å²) in [7, 11) is 0. The zero-order valence-electron chi connectivity index (χ0n) is 13.0. The van der Waals surface area contributed by atoms with Gasteiger partial charge in [0.1, 0.15) is 0 Å².